The third kappa shape index (κ3) is 3.17. The van der Waals surface area contributed by atoms with Crippen molar-refractivity contribution < 1.29 is 27.8 Å². The van der Waals surface area contributed by atoms with Crippen LogP contribution in [0.3, 0.4) is 0 Å². The molecule has 2 rings (SSSR count). The van der Waals surface area contributed by atoms with Crippen LogP contribution < -0.4 is 0 Å². The number of carbonyl (C=O) groups is 1. The van der Waals surface area contributed by atoms with Gasteiger partial charge in [0, 0.05) is 6.20 Å². The molecule has 0 unspecified atom stereocenters. The lowest BCUT2D eigenvalue weighted by Crippen LogP contribution is -2.17. The van der Waals surface area contributed by atoms with Crippen LogP contribution in [0.1, 0.15) is 16.2 Å². The molecule has 0 saturated carbocycles. The van der Waals surface area contributed by atoms with E-state index in [4.69, 9.17) is 16.7 Å². The zero-order valence-electron chi connectivity index (χ0n) is 9.69. The Morgan fingerprint density at radius 1 is 1.45 bits per heavy atom. The van der Waals surface area contributed by atoms with Gasteiger partial charge in [0.05, 0.1) is 10.6 Å². The van der Waals surface area contributed by atoms with Gasteiger partial charge in [-0.05, 0) is 6.07 Å². The van der Waals surface area contributed by atoms with Crippen molar-refractivity contribution in [3.8, 4) is 0 Å². The van der Waals surface area contributed by atoms with E-state index in [9.17, 15) is 18.0 Å². The van der Waals surface area contributed by atoms with E-state index in [0.29, 0.717) is 0 Å². The second-order valence-electron chi connectivity index (χ2n) is 3.80. The molecule has 2 aromatic rings. The molecule has 108 valence electrons. The van der Waals surface area contributed by atoms with Crippen molar-refractivity contribution in [1.29, 1.82) is 0 Å². The first-order valence-electron chi connectivity index (χ1n) is 5.19. The van der Waals surface area contributed by atoms with Crippen LogP contribution >= 0.6 is 11.6 Å². The van der Waals surface area contributed by atoms with Crippen LogP contribution in [-0.2, 0) is 11.3 Å². The van der Waals surface area contributed by atoms with Gasteiger partial charge in [0.25, 0.3) is 0 Å². The standard InChI is InChI=1S/C10H7ClF3N3O3/c11-6-1-5(9(18)19)2-17-7(15-16-8(6)17)3-20-4-10(12,13)14/h1-2H,3-4H2,(H,18,19). The Balaban J connectivity index is 2.28. The predicted molar refractivity (Wildman–Crippen MR) is 60.7 cm³/mol. The Bertz CT molecular complexity index is 656. The Morgan fingerprint density at radius 2 is 2.15 bits per heavy atom. The number of hydrogen-bond acceptors (Lipinski definition) is 4. The van der Waals surface area contributed by atoms with E-state index in [1.807, 2.05) is 0 Å². The number of aromatic nitrogens is 3. The summed E-state index contributed by atoms with van der Waals surface area (Å²) in [5, 5.41) is 16.2. The Hall–Kier alpha value is -1.87. The molecule has 6 nitrogen and oxygen atoms in total. The molecule has 2 heterocycles. The maximum Gasteiger partial charge on any atom is 0.411 e. The number of aromatic carboxylic acids is 1. The van der Waals surface area contributed by atoms with E-state index in [1.54, 1.807) is 0 Å². The summed E-state index contributed by atoms with van der Waals surface area (Å²) in [5.74, 6) is -1.21. The number of ether oxygens (including phenoxy) is 1. The van der Waals surface area contributed by atoms with Gasteiger partial charge < -0.3 is 9.84 Å². The molecule has 0 fully saturated rings. The van der Waals surface area contributed by atoms with E-state index in [-0.39, 0.29) is 22.1 Å². The third-order valence-electron chi connectivity index (χ3n) is 2.27. The summed E-state index contributed by atoms with van der Waals surface area (Å²) in [6.45, 7) is -1.91. The average molecular weight is 310 g/mol. The molecule has 1 N–H and O–H groups in total. The molecule has 0 bridgehead atoms. The molecule has 2 aromatic heterocycles. The minimum Gasteiger partial charge on any atom is -0.478 e. The van der Waals surface area contributed by atoms with E-state index in [1.165, 1.54) is 10.5 Å². The SMILES string of the molecule is O=C(O)c1cc(Cl)c2nnc(COCC(F)(F)F)n2c1. The lowest BCUT2D eigenvalue weighted by atomic mass is 10.3. The molecule has 0 amide bonds. The van der Waals surface area contributed by atoms with Crippen LogP contribution in [-0.4, -0.2) is 38.5 Å². The van der Waals surface area contributed by atoms with Gasteiger partial charge in [0.2, 0.25) is 0 Å². The van der Waals surface area contributed by atoms with Crippen LogP contribution in [0.15, 0.2) is 12.3 Å². The Kier molecular flexibility index (Phi) is 3.82. The minimum absolute atomic E-state index is 0.0225. The second-order valence-corrected chi connectivity index (χ2v) is 4.21. The van der Waals surface area contributed by atoms with Crippen molar-refractivity contribution in [3.05, 3.63) is 28.7 Å². The maximum atomic E-state index is 12.0. The number of carboxylic acid groups (broad SMARTS) is 1. The number of pyridine rings is 1. The van der Waals surface area contributed by atoms with Gasteiger partial charge in [-0.2, -0.15) is 13.2 Å². The van der Waals surface area contributed by atoms with Crippen molar-refractivity contribution in [1.82, 2.24) is 14.6 Å². The summed E-state index contributed by atoms with van der Waals surface area (Å²) in [7, 11) is 0. The summed E-state index contributed by atoms with van der Waals surface area (Å²) >= 11 is 5.82. The molecule has 0 aliphatic rings. The molecule has 0 radical (unpaired) electrons. The second kappa shape index (κ2) is 5.25. The number of fused-ring (bicyclic) bond motifs is 1. The van der Waals surface area contributed by atoms with Crippen LogP contribution in [0.2, 0.25) is 5.02 Å². The molecule has 0 spiro atoms. The van der Waals surface area contributed by atoms with Gasteiger partial charge in [-0.1, -0.05) is 11.6 Å². The molecular formula is C10H7ClF3N3O3. The lowest BCUT2D eigenvalue weighted by molar-refractivity contribution is -0.177. The fourth-order valence-corrected chi connectivity index (χ4v) is 1.72. The van der Waals surface area contributed by atoms with Crippen molar-refractivity contribution in [2.75, 3.05) is 6.61 Å². The quantitative estimate of drug-likeness (QED) is 0.936. The summed E-state index contributed by atoms with van der Waals surface area (Å²) in [6, 6.07) is 1.17. The Morgan fingerprint density at radius 3 is 2.75 bits per heavy atom. The fourth-order valence-electron chi connectivity index (χ4n) is 1.47. The van der Waals surface area contributed by atoms with Crippen LogP contribution in [0.5, 0.6) is 0 Å². The Labute approximate surface area is 114 Å². The highest BCUT2D eigenvalue weighted by Gasteiger charge is 2.27. The third-order valence-corrected chi connectivity index (χ3v) is 2.55. The molecule has 0 aromatic carbocycles. The van der Waals surface area contributed by atoms with Gasteiger partial charge in [0.15, 0.2) is 11.5 Å². The summed E-state index contributed by atoms with van der Waals surface area (Å²) in [5.41, 5.74) is 0.00152. The van der Waals surface area contributed by atoms with Crippen LogP contribution in [0, 0.1) is 0 Å². The van der Waals surface area contributed by atoms with Crippen molar-refractivity contribution in [3.63, 3.8) is 0 Å². The largest absolute Gasteiger partial charge is 0.478 e. The first-order chi connectivity index (χ1) is 9.28. The monoisotopic (exact) mass is 309 g/mol. The summed E-state index contributed by atoms with van der Waals surface area (Å²) in [4.78, 5) is 10.9. The van der Waals surface area contributed by atoms with Crippen LogP contribution in [0.4, 0.5) is 13.2 Å². The first-order valence-corrected chi connectivity index (χ1v) is 5.56. The number of alkyl halides is 3. The molecule has 0 saturated heterocycles. The molecule has 0 atom stereocenters. The number of hydrogen-bond donors (Lipinski definition) is 1. The van der Waals surface area contributed by atoms with E-state index in [0.717, 1.165) is 6.20 Å². The van der Waals surface area contributed by atoms with Crippen molar-refractivity contribution in [2.45, 2.75) is 12.8 Å². The van der Waals surface area contributed by atoms with Gasteiger partial charge in [-0.25, -0.2) is 4.79 Å². The van der Waals surface area contributed by atoms with Gasteiger partial charge >= 0.3 is 12.1 Å². The molecule has 0 aliphatic heterocycles. The topological polar surface area (TPSA) is 76.7 Å². The smallest absolute Gasteiger partial charge is 0.411 e. The highest BCUT2D eigenvalue weighted by atomic mass is 35.5. The summed E-state index contributed by atoms with van der Waals surface area (Å²) in [6.07, 6.45) is -3.29. The van der Waals surface area contributed by atoms with E-state index >= 15 is 0 Å². The first kappa shape index (κ1) is 14.5. The number of carboxylic acids is 1. The van der Waals surface area contributed by atoms with Gasteiger partial charge in [-0.15, -0.1) is 10.2 Å². The summed E-state index contributed by atoms with van der Waals surface area (Å²) < 4.78 is 41.5. The lowest BCUT2D eigenvalue weighted by Gasteiger charge is -2.07. The molecule has 10 heteroatoms. The van der Waals surface area contributed by atoms with Crippen molar-refractivity contribution in [2.24, 2.45) is 0 Å². The minimum atomic E-state index is -4.45. The fraction of sp³-hybridized carbons (Fsp3) is 0.300. The number of halogens is 4. The van der Waals surface area contributed by atoms with Gasteiger partial charge in [0.1, 0.15) is 13.2 Å². The average Bonchev–Trinajstić information content (AvgIpc) is 2.71. The molecule has 20 heavy (non-hydrogen) atoms. The normalized spacial score (nSPS) is 12.0. The predicted octanol–water partition coefficient (Wildman–Crippen LogP) is 2.16. The van der Waals surface area contributed by atoms with E-state index in [2.05, 4.69) is 14.9 Å². The number of nitrogens with zero attached hydrogens (tertiary/aromatic N) is 3. The number of rotatable bonds is 4. The maximum absolute atomic E-state index is 12.0. The van der Waals surface area contributed by atoms with E-state index < -0.39 is 25.4 Å². The molecular weight excluding hydrogens is 303 g/mol. The van der Waals surface area contributed by atoms with Gasteiger partial charge in [-0.3, -0.25) is 4.40 Å². The highest BCUT2D eigenvalue weighted by Crippen LogP contribution is 2.20. The highest BCUT2D eigenvalue weighted by molar-refractivity contribution is 6.33. The zero-order valence-corrected chi connectivity index (χ0v) is 10.4. The van der Waals surface area contributed by atoms with Crippen molar-refractivity contribution >= 4 is 23.2 Å². The van der Waals surface area contributed by atoms with Crippen LogP contribution in [0.25, 0.3) is 5.65 Å². The zero-order chi connectivity index (χ0) is 14.9. The molecule has 0 aliphatic carbocycles.